The average Bonchev–Trinajstić information content (AvgIpc) is 3.13. The van der Waals surface area contributed by atoms with Gasteiger partial charge >= 0.3 is 0 Å². The number of carbonyl (C=O) groups is 1. The molecule has 0 unspecified atom stereocenters. The average molecular weight is 487 g/mol. The Bertz CT molecular complexity index is 1240. The SMILES string of the molecule is O=C(Nc1nn(Cc2ccccc2Cl)cc1Cl)c1cccc(COc2ccc(Cl)cc2)c1. The molecule has 0 atom stereocenters. The van der Waals surface area contributed by atoms with Crippen molar-refractivity contribution in [3.8, 4) is 5.75 Å². The summed E-state index contributed by atoms with van der Waals surface area (Å²) < 4.78 is 7.39. The van der Waals surface area contributed by atoms with Crippen molar-refractivity contribution in [2.45, 2.75) is 13.2 Å². The van der Waals surface area contributed by atoms with E-state index < -0.39 is 0 Å². The van der Waals surface area contributed by atoms with Gasteiger partial charge in [-0.25, -0.2) is 0 Å². The second-order valence-electron chi connectivity index (χ2n) is 7.01. The van der Waals surface area contributed by atoms with Gasteiger partial charge in [-0.1, -0.05) is 65.1 Å². The molecule has 32 heavy (non-hydrogen) atoms. The van der Waals surface area contributed by atoms with E-state index in [4.69, 9.17) is 39.5 Å². The molecule has 0 saturated heterocycles. The van der Waals surface area contributed by atoms with Crippen molar-refractivity contribution in [1.29, 1.82) is 0 Å². The predicted octanol–water partition coefficient (Wildman–Crippen LogP) is 6.72. The van der Waals surface area contributed by atoms with Crippen LogP contribution in [0.25, 0.3) is 0 Å². The maximum absolute atomic E-state index is 12.8. The van der Waals surface area contributed by atoms with Crippen LogP contribution in [0.3, 0.4) is 0 Å². The summed E-state index contributed by atoms with van der Waals surface area (Å²) in [7, 11) is 0. The lowest BCUT2D eigenvalue weighted by Gasteiger charge is -2.08. The summed E-state index contributed by atoms with van der Waals surface area (Å²) in [6.45, 7) is 0.753. The van der Waals surface area contributed by atoms with Crippen LogP contribution in [0, 0.1) is 0 Å². The molecule has 1 aromatic heterocycles. The zero-order chi connectivity index (χ0) is 22.5. The molecule has 0 saturated carbocycles. The molecule has 5 nitrogen and oxygen atoms in total. The number of anilines is 1. The largest absolute Gasteiger partial charge is 0.489 e. The Hall–Kier alpha value is -2.99. The molecule has 4 aromatic rings. The fourth-order valence-electron chi connectivity index (χ4n) is 3.04. The van der Waals surface area contributed by atoms with E-state index in [2.05, 4.69) is 10.4 Å². The van der Waals surface area contributed by atoms with Gasteiger partial charge in [0.15, 0.2) is 5.82 Å². The first kappa shape index (κ1) is 22.2. The molecule has 0 fully saturated rings. The van der Waals surface area contributed by atoms with Crippen LogP contribution in [0.4, 0.5) is 5.82 Å². The van der Waals surface area contributed by atoms with Crippen molar-refractivity contribution < 1.29 is 9.53 Å². The van der Waals surface area contributed by atoms with Crippen molar-refractivity contribution in [3.63, 3.8) is 0 Å². The first-order valence-electron chi connectivity index (χ1n) is 9.73. The Morgan fingerprint density at radius 1 is 0.938 bits per heavy atom. The summed E-state index contributed by atoms with van der Waals surface area (Å²) in [4.78, 5) is 12.8. The highest BCUT2D eigenvalue weighted by Gasteiger charge is 2.14. The minimum atomic E-state index is -0.316. The van der Waals surface area contributed by atoms with Crippen LogP contribution in [-0.4, -0.2) is 15.7 Å². The van der Waals surface area contributed by atoms with E-state index in [0.29, 0.717) is 39.5 Å². The Balaban J connectivity index is 1.41. The molecule has 1 amide bonds. The number of amides is 1. The molecule has 0 aliphatic carbocycles. The van der Waals surface area contributed by atoms with Crippen LogP contribution in [0.1, 0.15) is 21.5 Å². The third kappa shape index (κ3) is 5.62. The molecule has 1 N–H and O–H groups in total. The number of hydrogen-bond donors (Lipinski definition) is 1. The van der Waals surface area contributed by atoms with Crippen molar-refractivity contribution in [3.05, 3.63) is 111 Å². The lowest BCUT2D eigenvalue weighted by Crippen LogP contribution is -2.13. The Morgan fingerprint density at radius 3 is 2.50 bits per heavy atom. The Labute approximate surface area is 200 Å². The van der Waals surface area contributed by atoms with Gasteiger partial charge in [-0.2, -0.15) is 5.10 Å². The second-order valence-corrected chi connectivity index (χ2v) is 8.26. The maximum atomic E-state index is 12.8. The molecular weight excluding hydrogens is 469 g/mol. The van der Waals surface area contributed by atoms with Gasteiger partial charge in [0, 0.05) is 21.8 Å². The van der Waals surface area contributed by atoms with Crippen molar-refractivity contribution in [2.24, 2.45) is 0 Å². The van der Waals surface area contributed by atoms with Crippen LogP contribution in [-0.2, 0) is 13.2 Å². The van der Waals surface area contributed by atoms with E-state index in [0.717, 1.165) is 11.1 Å². The molecule has 0 aliphatic rings. The molecule has 1 heterocycles. The second kappa shape index (κ2) is 10.1. The van der Waals surface area contributed by atoms with Crippen molar-refractivity contribution in [1.82, 2.24) is 9.78 Å². The molecule has 3 aromatic carbocycles. The Kier molecular flexibility index (Phi) is 7.00. The molecule has 162 valence electrons. The highest BCUT2D eigenvalue weighted by atomic mass is 35.5. The fraction of sp³-hybridized carbons (Fsp3) is 0.0833. The number of aromatic nitrogens is 2. The van der Waals surface area contributed by atoms with Gasteiger partial charge in [-0.3, -0.25) is 9.48 Å². The minimum Gasteiger partial charge on any atom is -0.489 e. The van der Waals surface area contributed by atoms with E-state index in [9.17, 15) is 4.79 Å². The smallest absolute Gasteiger partial charge is 0.256 e. The standard InChI is InChI=1S/C24H18Cl3N3O2/c25-19-8-10-20(11-9-19)32-15-16-4-3-6-17(12-16)24(31)28-23-22(27)14-30(29-23)13-18-5-1-2-7-21(18)26/h1-12,14H,13,15H2,(H,28,29,31). The van der Waals surface area contributed by atoms with Crippen LogP contribution in [0.5, 0.6) is 5.75 Å². The van der Waals surface area contributed by atoms with Gasteiger partial charge in [-0.05, 0) is 53.6 Å². The first-order valence-corrected chi connectivity index (χ1v) is 10.9. The first-order chi connectivity index (χ1) is 15.5. The summed E-state index contributed by atoms with van der Waals surface area (Å²) in [5, 5.41) is 8.76. The van der Waals surface area contributed by atoms with Crippen LogP contribution in [0.15, 0.2) is 79.0 Å². The van der Waals surface area contributed by atoms with Gasteiger partial charge in [0.05, 0.1) is 6.54 Å². The van der Waals surface area contributed by atoms with E-state index in [-0.39, 0.29) is 11.7 Å². The van der Waals surface area contributed by atoms with Gasteiger partial charge in [-0.15, -0.1) is 0 Å². The molecular formula is C24H18Cl3N3O2. The molecule has 0 bridgehead atoms. The van der Waals surface area contributed by atoms with Crippen LogP contribution < -0.4 is 10.1 Å². The molecule has 0 radical (unpaired) electrons. The van der Waals surface area contributed by atoms with E-state index in [1.165, 1.54) is 0 Å². The zero-order valence-corrected chi connectivity index (χ0v) is 19.0. The number of benzene rings is 3. The minimum absolute atomic E-state index is 0.284. The Morgan fingerprint density at radius 2 is 1.72 bits per heavy atom. The van der Waals surface area contributed by atoms with E-state index in [1.807, 2.05) is 30.3 Å². The summed E-state index contributed by atoms with van der Waals surface area (Å²) in [5.74, 6) is 0.662. The topological polar surface area (TPSA) is 56.2 Å². The van der Waals surface area contributed by atoms with Gasteiger partial charge < -0.3 is 10.1 Å². The zero-order valence-electron chi connectivity index (χ0n) is 16.8. The van der Waals surface area contributed by atoms with Crippen LogP contribution in [0.2, 0.25) is 15.1 Å². The highest BCUT2D eigenvalue weighted by molar-refractivity contribution is 6.33. The summed E-state index contributed by atoms with van der Waals surface area (Å²) in [6.07, 6.45) is 1.65. The number of halogens is 3. The fourth-order valence-corrected chi connectivity index (χ4v) is 3.56. The highest BCUT2D eigenvalue weighted by Crippen LogP contribution is 2.23. The number of nitrogens with one attached hydrogen (secondary N) is 1. The third-order valence-corrected chi connectivity index (χ3v) is 5.54. The third-order valence-electron chi connectivity index (χ3n) is 4.65. The normalized spacial score (nSPS) is 10.7. The molecule has 4 rings (SSSR count). The summed E-state index contributed by atoms with van der Waals surface area (Å²) >= 11 is 18.4. The van der Waals surface area contributed by atoms with Gasteiger partial charge in [0.1, 0.15) is 17.4 Å². The van der Waals surface area contributed by atoms with Crippen LogP contribution >= 0.6 is 34.8 Å². The number of rotatable bonds is 7. The predicted molar refractivity (Wildman–Crippen MR) is 128 cm³/mol. The van der Waals surface area contributed by atoms with E-state index >= 15 is 0 Å². The summed E-state index contributed by atoms with van der Waals surface area (Å²) in [6, 6.07) is 21.8. The number of carbonyl (C=O) groups excluding carboxylic acids is 1. The van der Waals surface area contributed by atoms with Gasteiger partial charge in [0.2, 0.25) is 0 Å². The lowest BCUT2D eigenvalue weighted by molar-refractivity contribution is 0.102. The monoisotopic (exact) mass is 485 g/mol. The quantitative estimate of drug-likeness (QED) is 0.315. The molecule has 8 heteroatoms. The van der Waals surface area contributed by atoms with Crippen molar-refractivity contribution in [2.75, 3.05) is 5.32 Å². The van der Waals surface area contributed by atoms with Gasteiger partial charge in [0.25, 0.3) is 5.91 Å². The number of hydrogen-bond acceptors (Lipinski definition) is 3. The lowest BCUT2D eigenvalue weighted by atomic mass is 10.1. The number of ether oxygens (including phenoxy) is 1. The maximum Gasteiger partial charge on any atom is 0.256 e. The molecule has 0 aliphatic heterocycles. The van der Waals surface area contributed by atoms with Crippen molar-refractivity contribution >= 4 is 46.5 Å². The number of nitrogens with zero attached hydrogens (tertiary/aromatic N) is 2. The molecule has 0 spiro atoms. The van der Waals surface area contributed by atoms with E-state index in [1.54, 1.807) is 53.3 Å². The summed E-state index contributed by atoms with van der Waals surface area (Å²) in [5.41, 5.74) is 2.22.